The van der Waals surface area contributed by atoms with Gasteiger partial charge in [-0.2, -0.15) is 4.31 Å². The topological polar surface area (TPSA) is 136 Å². The van der Waals surface area contributed by atoms with Crippen LogP contribution in [0, 0.1) is 17.8 Å². The minimum Gasteiger partial charge on any atom is -0.497 e. The van der Waals surface area contributed by atoms with E-state index < -0.39 is 28.3 Å². The van der Waals surface area contributed by atoms with E-state index in [1.165, 1.54) is 23.5 Å². The van der Waals surface area contributed by atoms with Crippen LogP contribution >= 0.6 is 0 Å². The number of hydrogen-bond acceptors (Lipinski definition) is 9. The highest BCUT2D eigenvalue weighted by atomic mass is 32.2. The van der Waals surface area contributed by atoms with Crippen molar-refractivity contribution < 1.29 is 37.3 Å². The molecule has 0 saturated carbocycles. The minimum atomic E-state index is -3.95. The van der Waals surface area contributed by atoms with E-state index in [1.54, 1.807) is 12.1 Å². The molecule has 1 aliphatic carbocycles. The van der Waals surface area contributed by atoms with E-state index in [4.69, 9.17) is 18.9 Å². The Labute approximate surface area is 245 Å². The van der Waals surface area contributed by atoms with Gasteiger partial charge in [0.25, 0.3) is 0 Å². The van der Waals surface area contributed by atoms with Crippen LogP contribution in [0.1, 0.15) is 12.0 Å². The fourth-order valence-electron chi connectivity index (χ4n) is 6.11. The largest absolute Gasteiger partial charge is 0.497 e. The molecule has 42 heavy (non-hydrogen) atoms. The molecule has 6 rings (SSSR count). The number of amides is 1. The molecule has 3 unspecified atom stereocenters. The maximum atomic E-state index is 13.8. The minimum absolute atomic E-state index is 0.00499. The van der Waals surface area contributed by atoms with E-state index >= 15 is 0 Å². The monoisotopic (exact) mass is 599 g/mol. The summed E-state index contributed by atoms with van der Waals surface area (Å²) in [5.41, 5.74) is 1.84. The van der Waals surface area contributed by atoms with Gasteiger partial charge in [-0.1, -0.05) is 30.3 Å². The Kier molecular flexibility index (Phi) is 8.53. The van der Waals surface area contributed by atoms with Crippen LogP contribution in [0.5, 0.6) is 5.75 Å². The van der Waals surface area contributed by atoms with Crippen LogP contribution in [0.15, 0.2) is 70.8 Å². The van der Waals surface area contributed by atoms with Crippen molar-refractivity contribution >= 4 is 16.1 Å². The number of benzene rings is 2. The molecule has 12 heteroatoms. The maximum Gasteiger partial charge on any atom is 0.412 e. The van der Waals surface area contributed by atoms with Crippen molar-refractivity contribution in [2.24, 2.45) is 17.8 Å². The second-order valence-corrected chi connectivity index (χ2v) is 13.3. The molecule has 1 amide bonds. The van der Waals surface area contributed by atoms with Gasteiger partial charge < -0.3 is 34.7 Å². The first-order chi connectivity index (χ1) is 20.3. The Morgan fingerprint density at radius 1 is 1.14 bits per heavy atom. The van der Waals surface area contributed by atoms with Crippen molar-refractivity contribution in [2.45, 2.75) is 36.2 Å². The summed E-state index contributed by atoms with van der Waals surface area (Å²) >= 11 is 0. The normalized spacial score (nSPS) is 24.8. The summed E-state index contributed by atoms with van der Waals surface area (Å²) in [7, 11) is -2.43. The van der Waals surface area contributed by atoms with Crippen molar-refractivity contribution in [3.8, 4) is 5.75 Å². The number of rotatable bonds is 12. The number of nitrogens with zero attached hydrogens (tertiary/aromatic N) is 1. The van der Waals surface area contributed by atoms with Gasteiger partial charge in [0.15, 0.2) is 6.29 Å². The number of fused-ring (bicyclic) bond motifs is 1. The molecule has 0 spiro atoms. The van der Waals surface area contributed by atoms with Crippen LogP contribution in [-0.2, 0) is 30.7 Å². The summed E-state index contributed by atoms with van der Waals surface area (Å²) in [4.78, 5) is 13.4. The molecule has 2 bridgehead atoms. The molecule has 4 aliphatic rings. The van der Waals surface area contributed by atoms with Crippen molar-refractivity contribution in [1.82, 2.24) is 14.9 Å². The quantitative estimate of drug-likeness (QED) is 0.334. The van der Waals surface area contributed by atoms with Gasteiger partial charge >= 0.3 is 6.09 Å². The number of hydrogen-bond donors (Lipinski definition) is 3. The highest BCUT2D eigenvalue weighted by Crippen LogP contribution is 2.48. The number of nitrogens with one attached hydrogen (secondary N) is 2. The van der Waals surface area contributed by atoms with Gasteiger partial charge in [-0.3, -0.25) is 0 Å². The van der Waals surface area contributed by atoms with Crippen LogP contribution in [0.2, 0.25) is 0 Å². The molecule has 3 saturated heterocycles. The molecule has 3 fully saturated rings. The van der Waals surface area contributed by atoms with Crippen LogP contribution < -0.4 is 15.4 Å². The molecule has 2 aromatic carbocycles. The average Bonchev–Trinajstić information content (AvgIpc) is 3.51. The van der Waals surface area contributed by atoms with E-state index in [2.05, 4.69) is 10.6 Å². The van der Waals surface area contributed by atoms with E-state index in [0.717, 1.165) is 17.6 Å². The lowest BCUT2D eigenvalue weighted by molar-refractivity contribution is -0.161. The van der Waals surface area contributed by atoms with Gasteiger partial charge in [0.1, 0.15) is 11.5 Å². The third kappa shape index (κ3) is 6.05. The molecule has 5 atom stereocenters. The van der Waals surface area contributed by atoms with Gasteiger partial charge in [-0.05, 0) is 48.6 Å². The number of ether oxygens (including phenoxy) is 4. The Hall–Kier alpha value is -3.00. The second kappa shape index (κ2) is 12.3. The van der Waals surface area contributed by atoms with Crippen LogP contribution in [-0.4, -0.2) is 88.9 Å². The number of aliphatic hydroxyl groups is 1. The average molecular weight is 600 g/mol. The van der Waals surface area contributed by atoms with Crippen molar-refractivity contribution in [2.75, 3.05) is 46.5 Å². The van der Waals surface area contributed by atoms with Gasteiger partial charge in [-0.15, -0.1) is 0 Å². The SMILES string of the molecule is COc1ccc(S(=O)(=O)N(CC2CNC2)C[C@@H](O)[C@H](Cc2ccccc2)NC(=O)OC2=C3COC4OCC2CC34)cc1. The lowest BCUT2D eigenvalue weighted by atomic mass is 9.99. The van der Waals surface area contributed by atoms with E-state index in [0.29, 0.717) is 37.8 Å². The number of alkyl carbamates (subject to hydrolysis) is 1. The van der Waals surface area contributed by atoms with Crippen molar-refractivity contribution in [3.05, 3.63) is 71.5 Å². The van der Waals surface area contributed by atoms with Crippen LogP contribution in [0.4, 0.5) is 4.79 Å². The Balaban J connectivity index is 1.21. The highest BCUT2D eigenvalue weighted by molar-refractivity contribution is 7.89. The lowest BCUT2D eigenvalue weighted by Gasteiger charge is -2.35. The third-order valence-electron chi connectivity index (χ3n) is 8.55. The standard InChI is InChI=1S/C30H37N3O8S/c1-38-22-7-9-23(10-8-22)42(36,37)33(15-20-13-31-14-20)16-27(34)26(11-19-5-3-2-4-6-19)32-30(35)41-28-21-12-24-25(28)18-40-29(24)39-17-21/h2-10,20-21,24,26-27,29,31,34H,11-18H2,1H3,(H,32,35)/t21?,24?,26-,27+,29?/m0/s1. The van der Waals surface area contributed by atoms with Gasteiger partial charge in [0, 0.05) is 43.6 Å². The fraction of sp³-hybridized carbons (Fsp3) is 0.500. The molecule has 2 aromatic rings. The molecule has 11 nitrogen and oxygen atoms in total. The zero-order valence-electron chi connectivity index (χ0n) is 23.5. The predicted molar refractivity (Wildman–Crippen MR) is 152 cm³/mol. The summed E-state index contributed by atoms with van der Waals surface area (Å²) in [6.45, 7) is 2.22. The van der Waals surface area contributed by atoms with Crippen molar-refractivity contribution in [1.29, 1.82) is 0 Å². The first-order valence-electron chi connectivity index (χ1n) is 14.3. The Bertz CT molecular complexity index is 1400. The number of sulfonamides is 1. The maximum absolute atomic E-state index is 13.8. The summed E-state index contributed by atoms with van der Waals surface area (Å²) in [6.07, 6.45) is -1.09. The molecule has 3 heterocycles. The Morgan fingerprint density at radius 3 is 2.60 bits per heavy atom. The first-order valence-corrected chi connectivity index (χ1v) is 15.8. The number of aliphatic hydroxyl groups excluding tert-OH is 1. The Morgan fingerprint density at radius 2 is 1.90 bits per heavy atom. The summed E-state index contributed by atoms with van der Waals surface area (Å²) in [5.74, 6) is 1.35. The smallest absolute Gasteiger partial charge is 0.412 e. The van der Waals surface area contributed by atoms with E-state index in [-0.39, 0.29) is 48.4 Å². The molecular weight excluding hydrogens is 562 g/mol. The number of methoxy groups -OCH3 is 1. The lowest BCUT2D eigenvalue weighted by Crippen LogP contribution is -2.54. The van der Waals surface area contributed by atoms with Gasteiger partial charge in [-0.25, -0.2) is 13.2 Å². The number of carbonyl (C=O) groups is 1. The van der Waals surface area contributed by atoms with E-state index in [1.807, 2.05) is 30.3 Å². The van der Waals surface area contributed by atoms with Gasteiger partial charge in [0.2, 0.25) is 10.0 Å². The summed E-state index contributed by atoms with van der Waals surface area (Å²) in [6, 6.07) is 14.8. The molecular formula is C30H37N3O8S. The van der Waals surface area contributed by atoms with Crippen LogP contribution in [0.25, 0.3) is 0 Å². The predicted octanol–water partition coefficient (Wildman–Crippen LogP) is 1.88. The van der Waals surface area contributed by atoms with Crippen molar-refractivity contribution in [3.63, 3.8) is 0 Å². The molecule has 3 aliphatic heterocycles. The highest BCUT2D eigenvalue weighted by Gasteiger charge is 2.49. The van der Waals surface area contributed by atoms with Gasteiger partial charge in [0.05, 0.1) is 37.4 Å². The zero-order valence-corrected chi connectivity index (χ0v) is 24.3. The molecule has 3 N–H and O–H groups in total. The zero-order chi connectivity index (χ0) is 29.3. The summed E-state index contributed by atoms with van der Waals surface area (Å²) < 4.78 is 51.3. The molecule has 226 valence electrons. The third-order valence-corrected chi connectivity index (χ3v) is 10.4. The van der Waals surface area contributed by atoms with E-state index in [9.17, 15) is 18.3 Å². The number of carbonyl (C=O) groups excluding carboxylic acids is 1. The van der Waals surface area contributed by atoms with Crippen LogP contribution in [0.3, 0.4) is 0 Å². The molecule has 0 aromatic heterocycles. The fourth-order valence-corrected chi connectivity index (χ4v) is 7.65. The first kappa shape index (κ1) is 29.1. The molecule has 0 radical (unpaired) electrons. The second-order valence-electron chi connectivity index (χ2n) is 11.4. The summed E-state index contributed by atoms with van der Waals surface area (Å²) in [5, 5.41) is 17.6.